The summed E-state index contributed by atoms with van der Waals surface area (Å²) in [5.74, 6) is 1.77. The van der Waals surface area contributed by atoms with Crippen LogP contribution in [0.3, 0.4) is 0 Å². The molecule has 0 aliphatic carbocycles. The first-order valence-electron chi connectivity index (χ1n) is 8.23. The Morgan fingerprint density at radius 2 is 1.21 bits per heavy atom. The van der Waals surface area contributed by atoms with Gasteiger partial charge in [-0.05, 0) is 55.0 Å². The maximum absolute atomic E-state index is 8.74. The van der Waals surface area contributed by atoms with Crippen molar-refractivity contribution in [2.75, 3.05) is 19.8 Å². The van der Waals surface area contributed by atoms with Gasteiger partial charge in [0.05, 0.1) is 13.2 Å². The lowest BCUT2D eigenvalue weighted by Gasteiger charge is -2.07. The normalized spacial score (nSPS) is 10.6. The predicted octanol–water partition coefficient (Wildman–Crippen LogP) is 5.43. The number of hydrogen-bond acceptors (Lipinski definition) is 5. The van der Waals surface area contributed by atoms with Crippen LogP contribution in [0.1, 0.15) is 26.2 Å². The summed E-state index contributed by atoms with van der Waals surface area (Å²) < 4.78 is 11.2. The van der Waals surface area contributed by atoms with Crippen molar-refractivity contribution in [3.63, 3.8) is 0 Å². The van der Waals surface area contributed by atoms with Crippen LogP contribution in [0, 0.1) is 0 Å². The summed E-state index contributed by atoms with van der Waals surface area (Å²) in [5, 5.41) is 8.74. The molecule has 0 fully saturated rings. The summed E-state index contributed by atoms with van der Waals surface area (Å²) in [5.41, 5.74) is 0. The number of ether oxygens (including phenoxy) is 2. The van der Waals surface area contributed by atoms with Crippen molar-refractivity contribution in [3.8, 4) is 11.5 Å². The van der Waals surface area contributed by atoms with Crippen molar-refractivity contribution in [3.05, 3.63) is 48.5 Å². The van der Waals surface area contributed by atoms with E-state index in [-0.39, 0.29) is 6.61 Å². The molecule has 0 amide bonds. The highest BCUT2D eigenvalue weighted by molar-refractivity contribution is 8.76. The first kappa shape index (κ1) is 19.0. The van der Waals surface area contributed by atoms with E-state index >= 15 is 0 Å². The van der Waals surface area contributed by atoms with Gasteiger partial charge in [0.15, 0.2) is 0 Å². The van der Waals surface area contributed by atoms with E-state index in [1.54, 1.807) is 21.6 Å². The number of rotatable bonds is 11. The number of benzene rings is 2. The van der Waals surface area contributed by atoms with Crippen LogP contribution in [-0.4, -0.2) is 24.9 Å². The van der Waals surface area contributed by atoms with E-state index in [9.17, 15) is 0 Å². The lowest BCUT2D eigenvalue weighted by atomic mass is 10.3. The first-order valence-corrected chi connectivity index (χ1v) is 10.4. The van der Waals surface area contributed by atoms with Crippen LogP contribution in [0.25, 0.3) is 0 Å². The van der Waals surface area contributed by atoms with E-state index in [0.29, 0.717) is 13.0 Å². The van der Waals surface area contributed by atoms with Crippen LogP contribution < -0.4 is 9.47 Å². The van der Waals surface area contributed by atoms with Gasteiger partial charge in [-0.3, -0.25) is 0 Å². The molecular formula is C19H24O3S2. The molecule has 130 valence electrons. The third kappa shape index (κ3) is 7.07. The van der Waals surface area contributed by atoms with Crippen molar-refractivity contribution in [1.29, 1.82) is 0 Å². The fourth-order valence-corrected chi connectivity index (χ4v) is 3.80. The van der Waals surface area contributed by atoms with Crippen LogP contribution in [0.15, 0.2) is 58.3 Å². The molecule has 0 aliphatic rings. The van der Waals surface area contributed by atoms with E-state index < -0.39 is 0 Å². The van der Waals surface area contributed by atoms with Gasteiger partial charge in [0.2, 0.25) is 0 Å². The Bertz CT molecular complexity index is 517. The zero-order chi connectivity index (χ0) is 17.0. The smallest absolute Gasteiger partial charge is 0.119 e. The minimum Gasteiger partial charge on any atom is -0.494 e. The van der Waals surface area contributed by atoms with Crippen LogP contribution >= 0.6 is 21.6 Å². The van der Waals surface area contributed by atoms with Crippen molar-refractivity contribution < 1.29 is 14.6 Å². The number of aliphatic hydroxyl groups is 1. The molecule has 0 saturated heterocycles. The van der Waals surface area contributed by atoms with Gasteiger partial charge in [-0.25, -0.2) is 0 Å². The highest BCUT2D eigenvalue weighted by atomic mass is 33.1. The van der Waals surface area contributed by atoms with Crippen LogP contribution in [0.2, 0.25) is 0 Å². The maximum atomic E-state index is 8.74. The molecule has 1 N–H and O–H groups in total. The molecule has 0 bridgehead atoms. The molecule has 0 radical (unpaired) electrons. The molecule has 0 heterocycles. The Morgan fingerprint density at radius 3 is 1.62 bits per heavy atom. The summed E-state index contributed by atoms with van der Waals surface area (Å²) in [7, 11) is 3.44. The van der Waals surface area contributed by atoms with Crippen molar-refractivity contribution in [2.24, 2.45) is 0 Å². The number of aliphatic hydroxyl groups excluding tert-OH is 1. The summed E-state index contributed by atoms with van der Waals surface area (Å²) in [4.78, 5) is 2.38. The van der Waals surface area contributed by atoms with Crippen LogP contribution in [-0.2, 0) is 0 Å². The summed E-state index contributed by atoms with van der Waals surface area (Å²) in [6, 6.07) is 16.3. The second kappa shape index (κ2) is 11.3. The molecule has 0 spiro atoms. The van der Waals surface area contributed by atoms with Gasteiger partial charge in [0.1, 0.15) is 11.5 Å². The molecule has 0 saturated carbocycles. The van der Waals surface area contributed by atoms with E-state index in [1.807, 2.05) is 36.4 Å². The van der Waals surface area contributed by atoms with Crippen LogP contribution in [0.4, 0.5) is 0 Å². The Kier molecular flexibility index (Phi) is 8.95. The summed E-state index contributed by atoms with van der Waals surface area (Å²) >= 11 is 0. The summed E-state index contributed by atoms with van der Waals surface area (Å²) in [6.45, 7) is 3.65. The third-order valence-electron chi connectivity index (χ3n) is 3.22. The van der Waals surface area contributed by atoms with Gasteiger partial charge in [-0.1, -0.05) is 34.9 Å². The molecule has 2 rings (SSSR count). The SMILES string of the molecule is CCCCOc1ccc(SSc2ccc(OCCCO)cc2)cc1. The molecular weight excluding hydrogens is 340 g/mol. The maximum Gasteiger partial charge on any atom is 0.119 e. The Hall–Kier alpha value is -1.30. The molecule has 0 aromatic heterocycles. The Labute approximate surface area is 152 Å². The van der Waals surface area contributed by atoms with Crippen molar-refractivity contribution in [1.82, 2.24) is 0 Å². The molecule has 3 nitrogen and oxygen atoms in total. The van der Waals surface area contributed by atoms with Crippen molar-refractivity contribution >= 4 is 21.6 Å². The van der Waals surface area contributed by atoms with E-state index in [1.165, 1.54) is 9.79 Å². The zero-order valence-electron chi connectivity index (χ0n) is 13.9. The zero-order valence-corrected chi connectivity index (χ0v) is 15.6. The van der Waals surface area contributed by atoms with Crippen molar-refractivity contribution in [2.45, 2.75) is 36.0 Å². The second-order valence-corrected chi connectivity index (χ2v) is 7.51. The average molecular weight is 365 g/mol. The molecule has 5 heteroatoms. The minimum absolute atomic E-state index is 0.160. The van der Waals surface area contributed by atoms with E-state index in [0.717, 1.165) is 30.9 Å². The highest BCUT2D eigenvalue weighted by Gasteiger charge is 2.00. The van der Waals surface area contributed by atoms with Crippen LogP contribution in [0.5, 0.6) is 11.5 Å². The molecule has 0 aliphatic heterocycles. The first-order chi connectivity index (χ1) is 11.8. The standard InChI is InChI=1S/C19H24O3S2/c1-2-3-14-21-16-5-9-18(10-6-16)23-24-19-11-7-17(8-12-19)22-15-4-13-20/h5-12,20H,2-4,13-15H2,1H3. The highest BCUT2D eigenvalue weighted by Crippen LogP contribution is 2.38. The third-order valence-corrected chi connectivity index (χ3v) is 5.64. The molecule has 2 aromatic carbocycles. The lowest BCUT2D eigenvalue weighted by molar-refractivity contribution is 0.233. The molecule has 0 unspecified atom stereocenters. The second-order valence-electron chi connectivity index (χ2n) is 5.24. The van der Waals surface area contributed by atoms with Gasteiger partial charge in [-0.2, -0.15) is 0 Å². The molecule has 24 heavy (non-hydrogen) atoms. The van der Waals surface area contributed by atoms with E-state index in [2.05, 4.69) is 19.1 Å². The lowest BCUT2D eigenvalue weighted by Crippen LogP contribution is -1.99. The van der Waals surface area contributed by atoms with Gasteiger partial charge < -0.3 is 14.6 Å². The fourth-order valence-electron chi connectivity index (χ4n) is 1.87. The summed E-state index contributed by atoms with van der Waals surface area (Å²) in [6.07, 6.45) is 2.90. The predicted molar refractivity (Wildman–Crippen MR) is 102 cm³/mol. The molecule has 0 atom stereocenters. The van der Waals surface area contributed by atoms with Gasteiger partial charge in [-0.15, -0.1) is 0 Å². The van der Waals surface area contributed by atoms with E-state index in [4.69, 9.17) is 14.6 Å². The van der Waals surface area contributed by atoms with Gasteiger partial charge in [0, 0.05) is 22.8 Å². The number of hydrogen-bond donors (Lipinski definition) is 1. The Balaban J connectivity index is 1.76. The quantitative estimate of drug-likeness (QED) is 0.425. The number of unbranched alkanes of at least 4 members (excludes halogenated alkanes) is 1. The molecule has 2 aromatic rings. The van der Waals surface area contributed by atoms with Gasteiger partial charge in [0.25, 0.3) is 0 Å². The Morgan fingerprint density at radius 1 is 0.750 bits per heavy atom. The fraction of sp³-hybridized carbons (Fsp3) is 0.368. The minimum atomic E-state index is 0.160. The van der Waals surface area contributed by atoms with Gasteiger partial charge >= 0.3 is 0 Å². The average Bonchev–Trinajstić information content (AvgIpc) is 2.63. The topological polar surface area (TPSA) is 38.7 Å². The monoisotopic (exact) mass is 364 g/mol. The largest absolute Gasteiger partial charge is 0.494 e.